The van der Waals surface area contributed by atoms with E-state index in [0.29, 0.717) is 13.0 Å². The number of carbonyl (C=O) groups is 1. The lowest BCUT2D eigenvalue weighted by Gasteiger charge is -2.24. The molecule has 3 rings (SSSR count). The van der Waals surface area contributed by atoms with Crippen molar-refractivity contribution in [2.24, 2.45) is 0 Å². The monoisotopic (exact) mass is 350 g/mol. The third kappa shape index (κ3) is 4.80. The number of ether oxygens (including phenoxy) is 1. The molecule has 24 heavy (non-hydrogen) atoms. The van der Waals surface area contributed by atoms with Crippen molar-refractivity contribution in [2.45, 2.75) is 25.4 Å². The van der Waals surface area contributed by atoms with E-state index in [1.165, 1.54) is 0 Å². The molecule has 7 heteroatoms. The van der Waals surface area contributed by atoms with Gasteiger partial charge in [-0.1, -0.05) is 12.1 Å². The Bertz CT molecular complexity index is 642. The Morgan fingerprint density at radius 3 is 3.08 bits per heavy atom. The fourth-order valence-corrected chi connectivity index (χ4v) is 2.72. The van der Waals surface area contributed by atoms with Gasteiger partial charge in [0.2, 0.25) is 5.91 Å². The van der Waals surface area contributed by atoms with Gasteiger partial charge in [0.25, 0.3) is 0 Å². The lowest BCUT2D eigenvalue weighted by atomic mass is 10.1. The Balaban J connectivity index is 0.00000208. The van der Waals surface area contributed by atoms with Crippen molar-refractivity contribution in [1.29, 1.82) is 0 Å². The number of carbonyl (C=O) groups excluding carboxylic acids is 1. The van der Waals surface area contributed by atoms with Crippen molar-refractivity contribution in [2.75, 3.05) is 19.8 Å². The van der Waals surface area contributed by atoms with E-state index in [1.54, 1.807) is 10.9 Å². The predicted molar refractivity (Wildman–Crippen MR) is 94.6 cm³/mol. The van der Waals surface area contributed by atoms with Crippen LogP contribution in [0.3, 0.4) is 0 Å². The number of aromatic nitrogens is 2. The van der Waals surface area contributed by atoms with Gasteiger partial charge in [-0.25, -0.2) is 4.68 Å². The van der Waals surface area contributed by atoms with Crippen LogP contribution in [0, 0.1) is 0 Å². The zero-order valence-corrected chi connectivity index (χ0v) is 14.5. The first kappa shape index (κ1) is 18.4. The molecule has 1 saturated heterocycles. The van der Waals surface area contributed by atoms with Gasteiger partial charge in [0.15, 0.2) is 0 Å². The molecule has 1 aliphatic rings. The van der Waals surface area contributed by atoms with Crippen LogP contribution in [0.5, 0.6) is 0 Å². The molecule has 0 aliphatic carbocycles. The van der Waals surface area contributed by atoms with Gasteiger partial charge < -0.3 is 15.4 Å². The van der Waals surface area contributed by atoms with Crippen LogP contribution in [0.2, 0.25) is 0 Å². The summed E-state index contributed by atoms with van der Waals surface area (Å²) in [6, 6.07) is 9.96. The molecule has 0 radical (unpaired) electrons. The van der Waals surface area contributed by atoms with E-state index in [-0.39, 0.29) is 30.4 Å². The van der Waals surface area contributed by atoms with Gasteiger partial charge in [0.05, 0.1) is 24.9 Å². The van der Waals surface area contributed by atoms with Crippen molar-refractivity contribution in [3.05, 3.63) is 48.3 Å². The van der Waals surface area contributed by atoms with Crippen LogP contribution in [0.1, 0.15) is 24.9 Å². The summed E-state index contributed by atoms with van der Waals surface area (Å²) in [7, 11) is 0. The SMILES string of the molecule is CC(NC(=O)CC1COCCN1)c1cccc(-n2cccn2)c1.Cl. The minimum absolute atomic E-state index is 0. The molecule has 0 saturated carbocycles. The first-order valence-corrected chi connectivity index (χ1v) is 7.93. The van der Waals surface area contributed by atoms with Crippen molar-refractivity contribution in [1.82, 2.24) is 20.4 Å². The van der Waals surface area contributed by atoms with Crippen LogP contribution >= 0.6 is 12.4 Å². The van der Waals surface area contributed by atoms with Crippen molar-refractivity contribution in [3.8, 4) is 5.69 Å². The molecule has 130 valence electrons. The normalized spacial score (nSPS) is 18.5. The number of morpholine rings is 1. The minimum atomic E-state index is -0.0532. The molecule has 2 aromatic rings. The highest BCUT2D eigenvalue weighted by Gasteiger charge is 2.18. The zero-order chi connectivity index (χ0) is 16.1. The summed E-state index contributed by atoms with van der Waals surface area (Å²) in [4.78, 5) is 12.2. The van der Waals surface area contributed by atoms with E-state index < -0.39 is 0 Å². The zero-order valence-electron chi connectivity index (χ0n) is 13.6. The van der Waals surface area contributed by atoms with E-state index in [1.807, 2.05) is 43.5 Å². The summed E-state index contributed by atoms with van der Waals surface area (Å²) < 4.78 is 7.18. The highest BCUT2D eigenvalue weighted by atomic mass is 35.5. The van der Waals surface area contributed by atoms with Gasteiger partial charge in [-0.15, -0.1) is 12.4 Å². The molecular formula is C17H23ClN4O2. The highest BCUT2D eigenvalue weighted by Crippen LogP contribution is 2.16. The van der Waals surface area contributed by atoms with Gasteiger partial charge in [-0.2, -0.15) is 5.10 Å². The Morgan fingerprint density at radius 1 is 1.50 bits per heavy atom. The maximum atomic E-state index is 12.2. The number of amides is 1. The number of halogens is 1. The molecule has 1 aromatic carbocycles. The number of benzene rings is 1. The number of nitrogens with zero attached hydrogens (tertiary/aromatic N) is 2. The number of rotatable bonds is 5. The lowest BCUT2D eigenvalue weighted by molar-refractivity contribution is -0.122. The summed E-state index contributed by atoms with van der Waals surface area (Å²) in [6.07, 6.45) is 4.08. The van der Waals surface area contributed by atoms with Crippen LogP contribution < -0.4 is 10.6 Å². The van der Waals surface area contributed by atoms with Gasteiger partial charge in [-0.3, -0.25) is 4.79 Å². The van der Waals surface area contributed by atoms with Crippen LogP contribution in [-0.2, 0) is 9.53 Å². The van der Waals surface area contributed by atoms with Gasteiger partial charge in [0, 0.05) is 31.4 Å². The Morgan fingerprint density at radius 2 is 2.38 bits per heavy atom. The molecular weight excluding hydrogens is 328 g/mol. The smallest absolute Gasteiger partial charge is 0.222 e. The molecule has 6 nitrogen and oxygen atoms in total. The Hall–Kier alpha value is -1.89. The van der Waals surface area contributed by atoms with Gasteiger partial charge in [0.1, 0.15) is 0 Å². The second-order valence-corrected chi connectivity index (χ2v) is 5.76. The second kappa shape index (κ2) is 8.82. The Labute approximate surface area is 148 Å². The summed E-state index contributed by atoms with van der Waals surface area (Å²) >= 11 is 0. The number of nitrogens with one attached hydrogen (secondary N) is 2. The largest absolute Gasteiger partial charge is 0.378 e. The van der Waals surface area contributed by atoms with E-state index in [4.69, 9.17) is 4.74 Å². The molecule has 2 N–H and O–H groups in total. The summed E-state index contributed by atoms with van der Waals surface area (Å²) in [5.41, 5.74) is 2.04. The molecule has 2 heterocycles. The maximum Gasteiger partial charge on any atom is 0.222 e. The minimum Gasteiger partial charge on any atom is -0.378 e. The molecule has 2 unspecified atom stereocenters. The first-order chi connectivity index (χ1) is 11.2. The maximum absolute atomic E-state index is 12.2. The lowest BCUT2D eigenvalue weighted by Crippen LogP contribution is -2.44. The average molecular weight is 351 g/mol. The molecule has 1 aliphatic heterocycles. The fraction of sp³-hybridized carbons (Fsp3) is 0.412. The molecule has 1 amide bonds. The van der Waals surface area contributed by atoms with E-state index in [2.05, 4.69) is 15.7 Å². The third-order valence-electron chi connectivity index (χ3n) is 3.95. The topological polar surface area (TPSA) is 68.2 Å². The molecule has 0 spiro atoms. The second-order valence-electron chi connectivity index (χ2n) is 5.76. The van der Waals surface area contributed by atoms with Gasteiger partial charge in [-0.05, 0) is 30.7 Å². The standard InChI is InChI=1S/C17H22N4O2.ClH/c1-13(20-17(22)11-15-12-23-9-7-18-15)14-4-2-5-16(10-14)21-8-3-6-19-21;/h2-6,8,10,13,15,18H,7,9,11-12H2,1H3,(H,20,22);1H. The Kier molecular flexibility index (Phi) is 6.78. The molecule has 2 atom stereocenters. The van der Waals surface area contributed by atoms with Crippen LogP contribution in [0.4, 0.5) is 0 Å². The predicted octanol–water partition coefficient (Wildman–Crippen LogP) is 1.85. The fourth-order valence-electron chi connectivity index (χ4n) is 2.72. The molecule has 0 bridgehead atoms. The number of hydrogen-bond acceptors (Lipinski definition) is 4. The van der Waals surface area contributed by atoms with Crippen molar-refractivity contribution in [3.63, 3.8) is 0 Å². The van der Waals surface area contributed by atoms with Crippen LogP contribution in [-0.4, -0.2) is 41.5 Å². The molecule has 1 aromatic heterocycles. The molecule has 1 fully saturated rings. The van der Waals surface area contributed by atoms with Crippen LogP contribution in [0.15, 0.2) is 42.7 Å². The van der Waals surface area contributed by atoms with Crippen molar-refractivity contribution >= 4 is 18.3 Å². The quantitative estimate of drug-likeness (QED) is 0.863. The third-order valence-corrected chi connectivity index (χ3v) is 3.95. The van der Waals surface area contributed by atoms with E-state index >= 15 is 0 Å². The van der Waals surface area contributed by atoms with Gasteiger partial charge >= 0.3 is 0 Å². The number of hydrogen-bond donors (Lipinski definition) is 2. The van der Waals surface area contributed by atoms with Crippen molar-refractivity contribution < 1.29 is 9.53 Å². The first-order valence-electron chi connectivity index (χ1n) is 7.93. The summed E-state index contributed by atoms with van der Waals surface area (Å²) in [5, 5.41) is 10.6. The van der Waals surface area contributed by atoms with Crippen LogP contribution in [0.25, 0.3) is 5.69 Å². The summed E-state index contributed by atoms with van der Waals surface area (Å²) in [5.74, 6) is 0.0324. The van der Waals surface area contributed by atoms with E-state index in [0.717, 1.165) is 24.4 Å². The average Bonchev–Trinajstić information content (AvgIpc) is 3.10. The summed E-state index contributed by atoms with van der Waals surface area (Å²) in [6.45, 7) is 4.11. The highest BCUT2D eigenvalue weighted by molar-refractivity contribution is 5.85. The van der Waals surface area contributed by atoms with E-state index in [9.17, 15) is 4.79 Å².